The number of nitriles is 1. The number of rotatable bonds is 4. The Hall–Kier alpha value is -2.72. The Morgan fingerprint density at radius 1 is 0.893 bits per heavy atom. The van der Waals surface area contributed by atoms with Crippen LogP contribution in [0.3, 0.4) is 0 Å². The summed E-state index contributed by atoms with van der Waals surface area (Å²) in [5.41, 5.74) is 1.62. The molecule has 1 aliphatic rings. The molecule has 1 fully saturated rings. The van der Waals surface area contributed by atoms with Gasteiger partial charge in [-0.1, -0.05) is 48.5 Å². The molecule has 3 aromatic rings. The fraction of sp³-hybridized carbons (Fsp3) is 0.227. The summed E-state index contributed by atoms with van der Waals surface area (Å²) < 4.78 is 27.3. The molecule has 0 radical (unpaired) electrons. The van der Waals surface area contributed by atoms with Gasteiger partial charge < -0.3 is 0 Å². The molecule has 6 heteroatoms. The van der Waals surface area contributed by atoms with Crippen LogP contribution in [0.15, 0.2) is 71.6 Å². The van der Waals surface area contributed by atoms with E-state index < -0.39 is 10.0 Å². The number of piperazine rings is 1. The van der Waals surface area contributed by atoms with Gasteiger partial charge in [0, 0.05) is 32.7 Å². The molecule has 0 unspecified atom stereocenters. The molecule has 0 saturated carbocycles. The second-order valence-corrected chi connectivity index (χ2v) is 8.90. The maximum absolute atomic E-state index is 12.9. The van der Waals surface area contributed by atoms with Gasteiger partial charge in [-0.25, -0.2) is 8.42 Å². The highest BCUT2D eigenvalue weighted by molar-refractivity contribution is 7.89. The fourth-order valence-corrected chi connectivity index (χ4v) is 5.14. The second kappa shape index (κ2) is 7.72. The lowest BCUT2D eigenvalue weighted by Crippen LogP contribution is -2.48. The van der Waals surface area contributed by atoms with E-state index in [0.29, 0.717) is 31.7 Å². The van der Waals surface area contributed by atoms with Gasteiger partial charge in [-0.05, 0) is 34.5 Å². The quantitative estimate of drug-likeness (QED) is 0.685. The van der Waals surface area contributed by atoms with Crippen molar-refractivity contribution < 1.29 is 8.42 Å². The molecule has 5 nitrogen and oxygen atoms in total. The molecular weight excluding hydrogens is 370 g/mol. The zero-order valence-electron chi connectivity index (χ0n) is 15.5. The molecule has 28 heavy (non-hydrogen) atoms. The lowest BCUT2D eigenvalue weighted by atomic mass is 10.0. The maximum atomic E-state index is 12.9. The van der Waals surface area contributed by atoms with Crippen molar-refractivity contribution >= 4 is 20.8 Å². The first-order valence-electron chi connectivity index (χ1n) is 9.27. The highest BCUT2D eigenvalue weighted by Crippen LogP contribution is 2.22. The van der Waals surface area contributed by atoms with Crippen molar-refractivity contribution in [1.29, 1.82) is 5.26 Å². The van der Waals surface area contributed by atoms with E-state index in [-0.39, 0.29) is 4.90 Å². The van der Waals surface area contributed by atoms with Crippen molar-refractivity contribution in [3.63, 3.8) is 0 Å². The van der Waals surface area contributed by atoms with Gasteiger partial charge >= 0.3 is 0 Å². The molecule has 1 aliphatic heterocycles. The summed E-state index contributed by atoms with van der Waals surface area (Å²) in [5, 5.41) is 11.5. The van der Waals surface area contributed by atoms with Gasteiger partial charge in [-0.2, -0.15) is 9.57 Å². The molecule has 3 aromatic carbocycles. The average Bonchev–Trinajstić information content (AvgIpc) is 2.74. The Morgan fingerprint density at radius 3 is 2.39 bits per heavy atom. The van der Waals surface area contributed by atoms with Gasteiger partial charge in [0.2, 0.25) is 10.0 Å². The van der Waals surface area contributed by atoms with Crippen molar-refractivity contribution in [3.8, 4) is 6.07 Å². The van der Waals surface area contributed by atoms with Crippen LogP contribution in [0.5, 0.6) is 0 Å². The van der Waals surface area contributed by atoms with Crippen LogP contribution >= 0.6 is 0 Å². The molecule has 0 atom stereocenters. The number of sulfonamides is 1. The number of hydrogen-bond donors (Lipinski definition) is 0. The van der Waals surface area contributed by atoms with Crippen molar-refractivity contribution in [3.05, 3.63) is 77.9 Å². The van der Waals surface area contributed by atoms with E-state index in [4.69, 9.17) is 5.26 Å². The van der Waals surface area contributed by atoms with E-state index >= 15 is 0 Å². The second-order valence-electron chi connectivity index (χ2n) is 6.96. The van der Waals surface area contributed by atoms with E-state index in [1.807, 2.05) is 18.2 Å². The monoisotopic (exact) mass is 391 g/mol. The Labute approximate surface area is 165 Å². The molecule has 1 saturated heterocycles. The molecule has 142 valence electrons. The Balaban J connectivity index is 1.46. The predicted octanol–water partition coefficient (Wildman–Crippen LogP) is 3.22. The standard InChI is InChI=1S/C22H21N3O2S/c23-16-18-5-3-9-21(15-18)28(26,27)25-13-11-24(12-14-25)17-20-8-4-7-19-6-1-2-10-22(19)20/h1-10,15H,11-14,17H2. The van der Waals surface area contributed by atoms with Crippen LogP contribution in [0.25, 0.3) is 10.8 Å². The Kier molecular flexibility index (Phi) is 5.14. The summed E-state index contributed by atoms with van der Waals surface area (Å²) in [6.07, 6.45) is 0. The van der Waals surface area contributed by atoms with Crippen molar-refractivity contribution in [2.75, 3.05) is 26.2 Å². The molecule has 0 N–H and O–H groups in total. The van der Waals surface area contributed by atoms with Crippen LogP contribution in [0.1, 0.15) is 11.1 Å². The summed E-state index contributed by atoms with van der Waals surface area (Å²) in [5.74, 6) is 0. The summed E-state index contributed by atoms with van der Waals surface area (Å²) in [6, 6.07) is 22.9. The highest BCUT2D eigenvalue weighted by atomic mass is 32.2. The SMILES string of the molecule is N#Cc1cccc(S(=O)(=O)N2CCN(Cc3cccc4ccccc34)CC2)c1. The molecule has 0 bridgehead atoms. The zero-order chi connectivity index (χ0) is 19.6. The molecule has 0 spiro atoms. The molecule has 1 heterocycles. The van der Waals surface area contributed by atoms with E-state index in [0.717, 1.165) is 6.54 Å². The topological polar surface area (TPSA) is 64.4 Å². The minimum absolute atomic E-state index is 0.189. The van der Waals surface area contributed by atoms with Gasteiger partial charge in [0.25, 0.3) is 0 Å². The van der Waals surface area contributed by atoms with Crippen LogP contribution in [-0.2, 0) is 16.6 Å². The number of hydrogen-bond acceptors (Lipinski definition) is 4. The minimum atomic E-state index is -3.57. The third kappa shape index (κ3) is 3.65. The van der Waals surface area contributed by atoms with Gasteiger partial charge in [0.1, 0.15) is 0 Å². The highest BCUT2D eigenvalue weighted by Gasteiger charge is 2.28. The predicted molar refractivity (Wildman–Crippen MR) is 109 cm³/mol. The number of benzene rings is 3. The smallest absolute Gasteiger partial charge is 0.243 e. The Bertz CT molecular complexity index is 1140. The molecule has 4 rings (SSSR count). The fourth-order valence-electron chi connectivity index (χ4n) is 3.67. The van der Waals surface area contributed by atoms with Gasteiger partial charge in [-0.15, -0.1) is 0 Å². The van der Waals surface area contributed by atoms with Gasteiger partial charge in [-0.3, -0.25) is 4.90 Å². The number of fused-ring (bicyclic) bond motifs is 1. The van der Waals surface area contributed by atoms with E-state index in [1.165, 1.54) is 26.7 Å². The third-order valence-electron chi connectivity index (χ3n) is 5.21. The van der Waals surface area contributed by atoms with Crippen molar-refractivity contribution in [2.45, 2.75) is 11.4 Å². The summed E-state index contributed by atoms with van der Waals surface area (Å²) in [7, 11) is -3.57. The lowest BCUT2D eigenvalue weighted by Gasteiger charge is -2.34. The van der Waals surface area contributed by atoms with E-state index in [1.54, 1.807) is 18.2 Å². The van der Waals surface area contributed by atoms with E-state index in [9.17, 15) is 8.42 Å². The Morgan fingerprint density at radius 2 is 1.61 bits per heavy atom. The molecule has 0 amide bonds. The summed E-state index contributed by atoms with van der Waals surface area (Å²) in [6.45, 7) is 3.06. The first-order chi connectivity index (χ1) is 13.6. The van der Waals surface area contributed by atoms with Gasteiger partial charge in [0.15, 0.2) is 0 Å². The molecule has 0 aromatic heterocycles. The lowest BCUT2D eigenvalue weighted by molar-refractivity contribution is 0.182. The van der Waals surface area contributed by atoms with E-state index in [2.05, 4.69) is 35.2 Å². The maximum Gasteiger partial charge on any atom is 0.243 e. The van der Waals surface area contributed by atoms with Crippen molar-refractivity contribution in [2.24, 2.45) is 0 Å². The van der Waals surface area contributed by atoms with Gasteiger partial charge in [0.05, 0.1) is 16.5 Å². The van der Waals surface area contributed by atoms with Crippen LogP contribution in [0.2, 0.25) is 0 Å². The molecular formula is C22H21N3O2S. The first-order valence-corrected chi connectivity index (χ1v) is 10.7. The number of nitrogens with zero attached hydrogens (tertiary/aromatic N) is 3. The largest absolute Gasteiger partial charge is 0.296 e. The zero-order valence-corrected chi connectivity index (χ0v) is 16.3. The summed E-state index contributed by atoms with van der Waals surface area (Å²) in [4.78, 5) is 2.48. The minimum Gasteiger partial charge on any atom is -0.296 e. The normalized spacial score (nSPS) is 16.1. The average molecular weight is 391 g/mol. The summed E-state index contributed by atoms with van der Waals surface area (Å²) >= 11 is 0. The molecule has 0 aliphatic carbocycles. The van der Waals surface area contributed by atoms with Crippen molar-refractivity contribution in [1.82, 2.24) is 9.21 Å². The van der Waals surface area contributed by atoms with Crippen LogP contribution in [0.4, 0.5) is 0 Å². The first kappa shape index (κ1) is 18.6. The third-order valence-corrected chi connectivity index (χ3v) is 7.10. The van der Waals surface area contributed by atoms with Crippen LogP contribution in [0, 0.1) is 11.3 Å². The van der Waals surface area contributed by atoms with Crippen LogP contribution < -0.4 is 0 Å². The van der Waals surface area contributed by atoms with Crippen LogP contribution in [-0.4, -0.2) is 43.8 Å².